The van der Waals surface area contributed by atoms with Gasteiger partial charge in [0.1, 0.15) is 17.5 Å². The molecule has 0 saturated carbocycles. The highest BCUT2D eigenvalue weighted by Gasteiger charge is 2.31. The first-order chi connectivity index (χ1) is 17.5. The van der Waals surface area contributed by atoms with Crippen LogP contribution in [0.5, 0.6) is 5.75 Å². The van der Waals surface area contributed by atoms with Crippen molar-refractivity contribution in [1.29, 1.82) is 0 Å². The fourth-order valence-electron chi connectivity index (χ4n) is 4.26. The van der Waals surface area contributed by atoms with Gasteiger partial charge in [-0.15, -0.1) is 0 Å². The van der Waals surface area contributed by atoms with Crippen LogP contribution in [0.3, 0.4) is 0 Å². The molecule has 1 unspecified atom stereocenters. The largest absolute Gasteiger partial charge is 0.496 e. The average Bonchev–Trinajstić information content (AvgIpc) is 2.92. The summed E-state index contributed by atoms with van der Waals surface area (Å²) >= 11 is 0. The highest BCUT2D eigenvalue weighted by atomic mass is 16.6. The first-order valence-corrected chi connectivity index (χ1v) is 12.0. The molecule has 1 aliphatic rings. The lowest BCUT2D eigenvalue weighted by Crippen LogP contribution is -2.56. The zero-order valence-corrected chi connectivity index (χ0v) is 20.5. The molecule has 0 spiro atoms. The molecule has 0 aliphatic carbocycles. The van der Waals surface area contributed by atoms with Gasteiger partial charge in [0.2, 0.25) is 5.91 Å². The van der Waals surface area contributed by atoms with Crippen molar-refractivity contribution >= 4 is 28.8 Å². The quantitative estimate of drug-likeness (QED) is 0.547. The number of hydrogen-bond donors (Lipinski definition) is 1. The molecule has 2 aromatic carbocycles. The van der Waals surface area contributed by atoms with Crippen molar-refractivity contribution in [2.24, 2.45) is 0 Å². The van der Waals surface area contributed by atoms with Crippen LogP contribution in [-0.4, -0.2) is 78.6 Å². The van der Waals surface area contributed by atoms with E-state index in [1.165, 1.54) is 0 Å². The number of methoxy groups -OCH3 is 1. The fourth-order valence-corrected chi connectivity index (χ4v) is 4.26. The maximum absolute atomic E-state index is 13.5. The number of fused-ring (bicyclic) bond motifs is 1. The second-order valence-electron chi connectivity index (χ2n) is 8.45. The topological polar surface area (TPSA) is 101 Å². The number of carbonyl (C=O) groups is 3. The van der Waals surface area contributed by atoms with Crippen molar-refractivity contribution in [1.82, 2.24) is 20.1 Å². The van der Waals surface area contributed by atoms with E-state index in [0.717, 1.165) is 10.9 Å². The molecule has 188 valence electrons. The molecule has 1 N–H and O–H groups in total. The van der Waals surface area contributed by atoms with Crippen LogP contribution in [0.1, 0.15) is 23.0 Å². The van der Waals surface area contributed by atoms with E-state index in [1.54, 1.807) is 29.9 Å². The summed E-state index contributed by atoms with van der Waals surface area (Å²) in [4.78, 5) is 46.6. The molecule has 1 fully saturated rings. The summed E-state index contributed by atoms with van der Waals surface area (Å²) in [6, 6.07) is 17.7. The van der Waals surface area contributed by atoms with Gasteiger partial charge in [-0.3, -0.25) is 9.59 Å². The van der Waals surface area contributed by atoms with Crippen LogP contribution in [0.25, 0.3) is 10.9 Å². The highest BCUT2D eigenvalue weighted by Crippen LogP contribution is 2.25. The third kappa shape index (κ3) is 5.73. The number of para-hydroxylation sites is 1. The molecule has 0 bridgehead atoms. The van der Waals surface area contributed by atoms with E-state index >= 15 is 0 Å². The molecule has 4 rings (SSSR count). The van der Waals surface area contributed by atoms with Gasteiger partial charge in [-0.1, -0.05) is 42.5 Å². The zero-order chi connectivity index (χ0) is 25.5. The van der Waals surface area contributed by atoms with Crippen molar-refractivity contribution < 1.29 is 23.9 Å². The first kappa shape index (κ1) is 25.0. The number of benzene rings is 2. The summed E-state index contributed by atoms with van der Waals surface area (Å²) in [6.07, 6.45) is -0.0520. The molecule has 9 heteroatoms. The number of rotatable bonds is 7. The number of nitrogens with zero attached hydrogens (tertiary/aromatic N) is 3. The molecule has 0 radical (unpaired) electrons. The Morgan fingerprint density at radius 1 is 0.972 bits per heavy atom. The van der Waals surface area contributed by atoms with Crippen LogP contribution in [0.15, 0.2) is 60.7 Å². The normalized spacial score (nSPS) is 14.3. The van der Waals surface area contributed by atoms with Crippen molar-refractivity contribution in [2.45, 2.75) is 19.4 Å². The van der Waals surface area contributed by atoms with Crippen molar-refractivity contribution in [3.63, 3.8) is 0 Å². The van der Waals surface area contributed by atoms with Crippen LogP contribution >= 0.6 is 0 Å². The Labute approximate surface area is 210 Å². The van der Waals surface area contributed by atoms with E-state index in [0.29, 0.717) is 50.5 Å². The summed E-state index contributed by atoms with van der Waals surface area (Å²) in [5, 5.41) is 3.69. The Hall–Kier alpha value is -4.14. The first-order valence-electron chi connectivity index (χ1n) is 12.0. The van der Waals surface area contributed by atoms with E-state index in [1.807, 2.05) is 54.6 Å². The smallest absolute Gasteiger partial charge is 0.409 e. The van der Waals surface area contributed by atoms with Gasteiger partial charge < -0.3 is 24.6 Å². The van der Waals surface area contributed by atoms with Crippen LogP contribution in [0, 0.1) is 0 Å². The molecule has 3 aromatic rings. The molecule has 1 saturated heterocycles. The number of amides is 3. The predicted octanol–water partition coefficient (Wildman–Crippen LogP) is 2.89. The lowest BCUT2D eigenvalue weighted by Gasteiger charge is -2.36. The zero-order valence-electron chi connectivity index (χ0n) is 20.5. The molecule has 36 heavy (non-hydrogen) atoms. The molecule has 1 aliphatic heterocycles. The van der Waals surface area contributed by atoms with Gasteiger partial charge in [-0.2, -0.15) is 0 Å². The van der Waals surface area contributed by atoms with Crippen molar-refractivity contribution in [3.05, 3.63) is 71.9 Å². The van der Waals surface area contributed by atoms with Gasteiger partial charge in [0, 0.05) is 44.1 Å². The Bertz CT molecular complexity index is 1230. The second kappa shape index (κ2) is 11.5. The molecule has 1 atom stereocenters. The minimum atomic E-state index is -0.798. The number of ether oxygens (including phenoxy) is 2. The second-order valence-corrected chi connectivity index (χ2v) is 8.45. The number of aromatic nitrogens is 1. The molecular weight excluding hydrogens is 460 g/mol. The summed E-state index contributed by atoms with van der Waals surface area (Å²) in [7, 11) is 1.54. The Morgan fingerprint density at radius 3 is 2.33 bits per heavy atom. The molecule has 2 heterocycles. The summed E-state index contributed by atoms with van der Waals surface area (Å²) in [6.45, 7) is 3.53. The number of carbonyl (C=O) groups excluding carboxylic acids is 3. The number of piperazine rings is 1. The van der Waals surface area contributed by atoms with Crippen molar-refractivity contribution in [2.75, 3.05) is 39.9 Å². The molecule has 9 nitrogen and oxygen atoms in total. The highest BCUT2D eigenvalue weighted by molar-refractivity contribution is 5.99. The number of pyridine rings is 1. The van der Waals surface area contributed by atoms with Gasteiger partial charge in [-0.05, 0) is 24.6 Å². The maximum atomic E-state index is 13.5. The SMILES string of the molecule is CCOC(=O)N1CCN(C(=O)C(Cc2ccccc2)NC(=O)c2cc(OC)c3ccccc3n2)CC1. The van der Waals surface area contributed by atoms with E-state index < -0.39 is 11.9 Å². The minimum absolute atomic E-state index is 0.170. The van der Waals surface area contributed by atoms with Crippen LogP contribution < -0.4 is 10.1 Å². The van der Waals surface area contributed by atoms with Gasteiger partial charge in [0.15, 0.2) is 0 Å². The Kier molecular flexibility index (Phi) is 7.99. The standard InChI is InChI=1S/C27H30N4O5/c1-3-36-27(34)31-15-13-30(14-16-31)26(33)23(17-19-9-5-4-6-10-19)29-25(32)22-18-24(35-2)20-11-7-8-12-21(20)28-22/h4-12,18,23H,3,13-17H2,1-2H3,(H,29,32). The molecular formula is C27H30N4O5. The van der Waals surface area contributed by atoms with E-state index in [-0.39, 0.29) is 17.7 Å². The van der Waals surface area contributed by atoms with E-state index in [4.69, 9.17) is 9.47 Å². The molecule has 1 aromatic heterocycles. The number of nitrogens with one attached hydrogen (secondary N) is 1. The third-order valence-corrected chi connectivity index (χ3v) is 6.13. The van der Waals surface area contributed by atoms with E-state index in [9.17, 15) is 14.4 Å². The van der Waals surface area contributed by atoms with Gasteiger partial charge in [-0.25, -0.2) is 9.78 Å². The van der Waals surface area contributed by atoms with E-state index in [2.05, 4.69) is 10.3 Å². The summed E-state index contributed by atoms with van der Waals surface area (Å²) < 4.78 is 10.5. The lowest BCUT2D eigenvalue weighted by molar-refractivity contribution is -0.134. The van der Waals surface area contributed by atoms with Crippen molar-refractivity contribution in [3.8, 4) is 5.75 Å². The summed E-state index contributed by atoms with van der Waals surface area (Å²) in [5.41, 5.74) is 1.72. The van der Waals surface area contributed by atoms with Gasteiger partial charge in [0.05, 0.1) is 19.2 Å². The monoisotopic (exact) mass is 490 g/mol. The average molecular weight is 491 g/mol. The third-order valence-electron chi connectivity index (χ3n) is 6.13. The minimum Gasteiger partial charge on any atom is -0.496 e. The van der Waals surface area contributed by atoms with Crippen LogP contribution in [0.4, 0.5) is 4.79 Å². The van der Waals surface area contributed by atoms with Gasteiger partial charge >= 0.3 is 6.09 Å². The fraction of sp³-hybridized carbons (Fsp3) is 0.333. The number of hydrogen-bond acceptors (Lipinski definition) is 6. The molecule has 3 amide bonds. The maximum Gasteiger partial charge on any atom is 0.409 e. The summed E-state index contributed by atoms with van der Waals surface area (Å²) in [5.74, 6) is -0.131. The Morgan fingerprint density at radius 2 is 1.64 bits per heavy atom. The van der Waals surface area contributed by atoms with Gasteiger partial charge in [0.25, 0.3) is 5.91 Å². The van der Waals surface area contributed by atoms with Crippen LogP contribution in [0.2, 0.25) is 0 Å². The predicted molar refractivity (Wildman–Crippen MR) is 135 cm³/mol. The Balaban J connectivity index is 1.53. The van der Waals surface area contributed by atoms with Crippen LogP contribution in [-0.2, 0) is 16.0 Å². The lowest BCUT2D eigenvalue weighted by atomic mass is 10.0.